The van der Waals surface area contributed by atoms with Crippen LogP contribution in [0.15, 0.2) is 16.6 Å². The van der Waals surface area contributed by atoms with Gasteiger partial charge < -0.3 is 10.8 Å². The summed E-state index contributed by atoms with van der Waals surface area (Å²) in [5, 5.41) is 8.27. The van der Waals surface area contributed by atoms with E-state index in [1.807, 2.05) is 0 Å². The number of hydrogen-bond donors (Lipinski definition) is 2. The molecule has 15 heavy (non-hydrogen) atoms. The molecule has 0 unspecified atom stereocenters. The predicted octanol–water partition coefficient (Wildman–Crippen LogP) is 1.77. The molecule has 0 aliphatic rings. The summed E-state index contributed by atoms with van der Waals surface area (Å²) >= 11 is 0. The summed E-state index contributed by atoms with van der Waals surface area (Å²) < 4.78 is 25.8. The van der Waals surface area contributed by atoms with Gasteiger partial charge in [-0.2, -0.15) is 0 Å². The minimum Gasteiger partial charge on any atom is -0.481 e. The average molecular weight is 220 g/mol. The van der Waals surface area contributed by atoms with Crippen LogP contribution < -0.4 is 5.73 Å². The Balaban J connectivity index is 4.03. The Hall–Kier alpha value is -1.46. The molecule has 0 aromatic carbocycles. The Morgan fingerprint density at radius 2 is 1.93 bits per heavy atom. The van der Waals surface area contributed by atoms with Crippen molar-refractivity contribution in [3.63, 3.8) is 0 Å². The van der Waals surface area contributed by atoms with Crippen LogP contribution >= 0.6 is 0 Å². The van der Waals surface area contributed by atoms with Crippen molar-refractivity contribution in [2.24, 2.45) is 10.7 Å². The molecule has 0 fully saturated rings. The fraction of sp³-hybridized carbons (Fsp3) is 0.556. The predicted molar refractivity (Wildman–Crippen MR) is 52.9 cm³/mol. The summed E-state index contributed by atoms with van der Waals surface area (Å²) in [4.78, 5) is 13.6. The summed E-state index contributed by atoms with van der Waals surface area (Å²) in [6.45, 7) is 1.04. The molecule has 6 heteroatoms. The molecule has 0 amide bonds. The Morgan fingerprint density at radius 1 is 1.33 bits per heavy atom. The molecule has 4 nitrogen and oxygen atoms in total. The van der Waals surface area contributed by atoms with E-state index in [9.17, 15) is 13.6 Å². The van der Waals surface area contributed by atoms with E-state index < -0.39 is 24.2 Å². The van der Waals surface area contributed by atoms with E-state index in [4.69, 9.17) is 10.8 Å². The number of amidine groups is 1. The number of hydrogen-bond acceptors (Lipinski definition) is 2. The highest BCUT2D eigenvalue weighted by Crippen LogP contribution is 2.15. The molecule has 0 aliphatic carbocycles. The van der Waals surface area contributed by atoms with Gasteiger partial charge in [-0.05, 0) is 13.3 Å². The third-order valence-electron chi connectivity index (χ3n) is 1.55. The SMILES string of the molecule is CC(N)=NC/C(F)=C(/F)CCCC(=O)O. The molecule has 0 aromatic heterocycles. The van der Waals surface area contributed by atoms with Crippen LogP contribution in [0, 0.1) is 0 Å². The standard InChI is InChI=1S/C9H14F2N2O2/c1-6(12)13-5-8(11)7(10)3-2-4-9(14)15/h2-5H2,1H3,(H2,12,13)(H,14,15)/b8-7-. The molecule has 0 saturated carbocycles. The first-order chi connectivity index (χ1) is 6.93. The molecule has 0 spiro atoms. The number of carboxylic acid groups (broad SMARTS) is 1. The van der Waals surface area contributed by atoms with Crippen molar-refractivity contribution in [3.8, 4) is 0 Å². The van der Waals surface area contributed by atoms with Crippen LogP contribution in [0.3, 0.4) is 0 Å². The molecule has 86 valence electrons. The molecule has 0 heterocycles. The second-order valence-corrected chi connectivity index (χ2v) is 3.01. The fourth-order valence-corrected chi connectivity index (χ4v) is 0.810. The van der Waals surface area contributed by atoms with Gasteiger partial charge in [-0.1, -0.05) is 0 Å². The smallest absolute Gasteiger partial charge is 0.303 e. The zero-order valence-corrected chi connectivity index (χ0v) is 8.46. The van der Waals surface area contributed by atoms with E-state index in [1.165, 1.54) is 6.92 Å². The lowest BCUT2D eigenvalue weighted by molar-refractivity contribution is -0.137. The van der Waals surface area contributed by atoms with Crippen LogP contribution in [-0.2, 0) is 4.79 Å². The van der Waals surface area contributed by atoms with Crippen LogP contribution in [0.25, 0.3) is 0 Å². The number of aliphatic carboxylic acids is 1. The monoisotopic (exact) mass is 220 g/mol. The quantitative estimate of drug-likeness (QED) is 0.529. The van der Waals surface area contributed by atoms with E-state index >= 15 is 0 Å². The number of halogens is 2. The largest absolute Gasteiger partial charge is 0.481 e. The fourth-order valence-electron chi connectivity index (χ4n) is 0.810. The number of nitrogens with zero attached hydrogens (tertiary/aromatic N) is 1. The van der Waals surface area contributed by atoms with Crippen molar-refractivity contribution in [1.82, 2.24) is 0 Å². The first kappa shape index (κ1) is 13.5. The molecule has 0 atom stereocenters. The first-order valence-electron chi connectivity index (χ1n) is 4.44. The van der Waals surface area contributed by atoms with E-state index in [-0.39, 0.29) is 25.1 Å². The number of carbonyl (C=O) groups is 1. The Labute approximate surface area is 86.5 Å². The van der Waals surface area contributed by atoms with Crippen molar-refractivity contribution < 1.29 is 18.7 Å². The molecule has 3 N–H and O–H groups in total. The summed E-state index contributed by atoms with van der Waals surface area (Å²) in [6, 6.07) is 0. The third kappa shape index (κ3) is 7.60. The second kappa shape index (κ2) is 6.92. The second-order valence-electron chi connectivity index (χ2n) is 3.01. The maximum absolute atomic E-state index is 12.9. The first-order valence-corrected chi connectivity index (χ1v) is 4.44. The number of allylic oxidation sites excluding steroid dienone is 1. The van der Waals surface area contributed by atoms with E-state index in [2.05, 4.69) is 4.99 Å². The highest BCUT2D eigenvalue weighted by molar-refractivity contribution is 5.77. The Morgan fingerprint density at radius 3 is 2.40 bits per heavy atom. The highest BCUT2D eigenvalue weighted by atomic mass is 19.2. The normalized spacial score (nSPS) is 13.7. The average Bonchev–Trinajstić information content (AvgIpc) is 2.13. The zero-order chi connectivity index (χ0) is 11.8. The van der Waals surface area contributed by atoms with Gasteiger partial charge >= 0.3 is 5.97 Å². The number of nitrogens with two attached hydrogens (primary N) is 1. The molecule has 0 bridgehead atoms. The van der Waals surface area contributed by atoms with Gasteiger partial charge in [0, 0.05) is 12.8 Å². The van der Waals surface area contributed by atoms with Gasteiger partial charge in [-0.3, -0.25) is 9.79 Å². The maximum Gasteiger partial charge on any atom is 0.303 e. The van der Waals surface area contributed by atoms with Crippen molar-refractivity contribution in [2.75, 3.05) is 6.54 Å². The summed E-state index contributed by atoms with van der Waals surface area (Å²) in [7, 11) is 0. The number of aliphatic imine (C=N–C) groups is 1. The summed E-state index contributed by atoms with van der Waals surface area (Å²) in [6.07, 6.45) is -0.336. The molecule has 0 radical (unpaired) electrons. The van der Waals surface area contributed by atoms with Crippen LogP contribution in [0.4, 0.5) is 8.78 Å². The van der Waals surface area contributed by atoms with Gasteiger partial charge in [0.1, 0.15) is 5.83 Å². The molecule has 0 aromatic rings. The molecular weight excluding hydrogens is 206 g/mol. The van der Waals surface area contributed by atoms with E-state index in [0.29, 0.717) is 0 Å². The van der Waals surface area contributed by atoms with E-state index in [1.54, 1.807) is 0 Å². The number of rotatable bonds is 6. The topological polar surface area (TPSA) is 75.7 Å². The highest BCUT2D eigenvalue weighted by Gasteiger charge is 2.06. The third-order valence-corrected chi connectivity index (χ3v) is 1.55. The van der Waals surface area contributed by atoms with Crippen LogP contribution in [0.1, 0.15) is 26.2 Å². The maximum atomic E-state index is 12.9. The van der Waals surface area contributed by atoms with Gasteiger partial charge in [0.15, 0.2) is 5.83 Å². The van der Waals surface area contributed by atoms with E-state index in [0.717, 1.165) is 0 Å². The van der Waals surface area contributed by atoms with Gasteiger partial charge in [-0.25, -0.2) is 8.78 Å². The van der Waals surface area contributed by atoms with Crippen LogP contribution in [0.2, 0.25) is 0 Å². The number of carboxylic acids is 1. The van der Waals surface area contributed by atoms with Gasteiger partial charge in [0.25, 0.3) is 0 Å². The lowest BCUT2D eigenvalue weighted by Gasteiger charge is -1.98. The molecule has 0 aliphatic heterocycles. The minimum atomic E-state index is -1.03. The Bertz CT molecular complexity index is 284. The zero-order valence-electron chi connectivity index (χ0n) is 8.46. The van der Waals surface area contributed by atoms with Crippen molar-refractivity contribution in [1.29, 1.82) is 0 Å². The van der Waals surface area contributed by atoms with Gasteiger partial charge in [-0.15, -0.1) is 0 Å². The van der Waals surface area contributed by atoms with Crippen molar-refractivity contribution >= 4 is 11.8 Å². The van der Waals surface area contributed by atoms with Gasteiger partial charge in [0.2, 0.25) is 0 Å². The molecule has 0 saturated heterocycles. The van der Waals surface area contributed by atoms with Crippen LogP contribution in [0.5, 0.6) is 0 Å². The lowest BCUT2D eigenvalue weighted by atomic mass is 10.2. The van der Waals surface area contributed by atoms with Gasteiger partial charge in [0.05, 0.1) is 12.4 Å². The minimum absolute atomic E-state index is 0.0694. The summed E-state index contributed by atoms with van der Waals surface area (Å²) in [5.74, 6) is -2.81. The van der Waals surface area contributed by atoms with Crippen molar-refractivity contribution in [3.05, 3.63) is 11.7 Å². The molecular formula is C9H14F2N2O2. The summed E-state index contributed by atoms with van der Waals surface area (Å²) in [5.41, 5.74) is 5.14. The van der Waals surface area contributed by atoms with Crippen LogP contribution in [-0.4, -0.2) is 23.5 Å². The van der Waals surface area contributed by atoms with Crippen molar-refractivity contribution in [2.45, 2.75) is 26.2 Å². The molecule has 0 rings (SSSR count). The lowest BCUT2D eigenvalue weighted by Crippen LogP contribution is -2.06. The Kier molecular flexibility index (Phi) is 6.24.